The van der Waals surface area contributed by atoms with Crippen LogP contribution < -0.4 is 5.32 Å². The van der Waals surface area contributed by atoms with Crippen LogP contribution in [-0.4, -0.2) is 21.3 Å². The van der Waals surface area contributed by atoms with Crippen molar-refractivity contribution in [1.82, 2.24) is 20.1 Å². The number of pyridine rings is 1. The largest absolute Gasteiger partial charge is 0.313 e. The molecule has 2 aromatic heterocycles. The van der Waals surface area contributed by atoms with Crippen LogP contribution >= 0.6 is 11.6 Å². The minimum absolute atomic E-state index is 0.377. The van der Waals surface area contributed by atoms with Gasteiger partial charge in [-0.2, -0.15) is 5.10 Å². The third-order valence-corrected chi connectivity index (χ3v) is 3.51. The topological polar surface area (TPSA) is 42.7 Å². The van der Waals surface area contributed by atoms with Crippen LogP contribution in [0, 0.1) is 6.92 Å². The first-order valence-electron chi connectivity index (χ1n) is 6.95. The third-order valence-electron chi connectivity index (χ3n) is 3.14. The van der Waals surface area contributed by atoms with Crippen LogP contribution in [0.3, 0.4) is 0 Å². The summed E-state index contributed by atoms with van der Waals surface area (Å²) in [6, 6.07) is 4.20. The molecule has 0 saturated carbocycles. The summed E-state index contributed by atoms with van der Waals surface area (Å²) in [5.74, 6) is 1.20. The molecule has 0 fully saturated rings. The predicted molar refractivity (Wildman–Crippen MR) is 82.6 cm³/mol. The highest BCUT2D eigenvalue weighted by atomic mass is 35.5. The van der Waals surface area contributed by atoms with E-state index in [1.165, 1.54) is 5.56 Å². The molecular weight excluding hydrogens is 272 g/mol. The predicted octanol–water partition coefficient (Wildman–Crippen LogP) is 3.46. The molecule has 0 aliphatic heterocycles. The van der Waals surface area contributed by atoms with Gasteiger partial charge in [-0.05, 0) is 37.1 Å². The lowest BCUT2D eigenvalue weighted by Crippen LogP contribution is -2.13. The Bertz CT molecular complexity index is 570. The maximum absolute atomic E-state index is 6.08. The average molecular weight is 293 g/mol. The average Bonchev–Trinajstić information content (AvgIpc) is 2.76. The van der Waals surface area contributed by atoms with Crippen LogP contribution in [0.25, 0.3) is 5.82 Å². The van der Waals surface area contributed by atoms with Gasteiger partial charge in [-0.25, -0.2) is 9.67 Å². The summed E-state index contributed by atoms with van der Waals surface area (Å²) in [7, 11) is 0. The molecule has 0 spiro atoms. The Hall–Kier alpha value is -1.39. The number of hydrogen-bond donors (Lipinski definition) is 1. The molecular formula is C15H21ClN4. The van der Waals surface area contributed by atoms with E-state index in [1.807, 2.05) is 6.92 Å². The summed E-state index contributed by atoms with van der Waals surface area (Å²) in [5.41, 5.74) is 3.10. The zero-order chi connectivity index (χ0) is 14.7. The summed E-state index contributed by atoms with van der Waals surface area (Å²) in [4.78, 5) is 4.68. The van der Waals surface area contributed by atoms with Gasteiger partial charge in [-0.1, -0.05) is 32.4 Å². The zero-order valence-electron chi connectivity index (χ0n) is 12.4. The molecule has 0 unspecified atom stereocenters. The molecule has 0 aliphatic rings. The number of nitrogens with zero attached hydrogens (tertiary/aromatic N) is 3. The maximum atomic E-state index is 6.08. The molecule has 2 aromatic rings. The van der Waals surface area contributed by atoms with Crippen molar-refractivity contribution >= 4 is 11.6 Å². The van der Waals surface area contributed by atoms with E-state index in [9.17, 15) is 0 Å². The third kappa shape index (κ3) is 3.38. The van der Waals surface area contributed by atoms with Crippen LogP contribution in [0.4, 0.5) is 0 Å². The number of hydrogen-bond acceptors (Lipinski definition) is 3. The maximum Gasteiger partial charge on any atom is 0.153 e. The fourth-order valence-corrected chi connectivity index (χ4v) is 2.07. The van der Waals surface area contributed by atoms with Crippen molar-refractivity contribution in [3.63, 3.8) is 0 Å². The highest BCUT2D eigenvalue weighted by Crippen LogP contribution is 2.19. The van der Waals surface area contributed by atoms with Gasteiger partial charge in [0.05, 0.1) is 16.9 Å². The first-order valence-corrected chi connectivity index (χ1v) is 7.32. The van der Waals surface area contributed by atoms with Crippen LogP contribution in [0.2, 0.25) is 5.02 Å². The van der Waals surface area contributed by atoms with Gasteiger partial charge < -0.3 is 5.32 Å². The number of rotatable bonds is 5. The summed E-state index contributed by atoms with van der Waals surface area (Å²) in [6.45, 7) is 10.1. The van der Waals surface area contributed by atoms with E-state index < -0.39 is 0 Å². The van der Waals surface area contributed by atoms with E-state index >= 15 is 0 Å². The van der Waals surface area contributed by atoms with Crippen LogP contribution in [0.1, 0.15) is 43.6 Å². The number of aryl methyl sites for hydroxylation is 1. The monoisotopic (exact) mass is 292 g/mol. The molecule has 0 saturated heterocycles. The molecule has 2 heterocycles. The van der Waals surface area contributed by atoms with E-state index in [4.69, 9.17) is 11.6 Å². The molecule has 0 amide bonds. The molecule has 20 heavy (non-hydrogen) atoms. The Morgan fingerprint density at radius 1 is 1.35 bits per heavy atom. The van der Waals surface area contributed by atoms with Crippen LogP contribution in [0.15, 0.2) is 18.3 Å². The highest BCUT2D eigenvalue weighted by molar-refractivity contribution is 6.31. The normalized spacial score (nSPS) is 11.3. The minimum Gasteiger partial charge on any atom is -0.313 e. The molecule has 4 nitrogen and oxygen atoms in total. The first kappa shape index (κ1) is 15.0. The Labute approximate surface area is 125 Å². The molecule has 5 heteroatoms. The zero-order valence-corrected chi connectivity index (χ0v) is 13.2. The molecule has 108 valence electrons. The Morgan fingerprint density at radius 3 is 2.65 bits per heavy atom. The molecule has 0 aromatic carbocycles. The van der Waals surface area contributed by atoms with E-state index in [0.29, 0.717) is 10.9 Å². The van der Waals surface area contributed by atoms with Gasteiger partial charge in [0.2, 0.25) is 0 Å². The van der Waals surface area contributed by atoms with Crippen molar-refractivity contribution in [1.29, 1.82) is 0 Å². The van der Waals surface area contributed by atoms with Crippen molar-refractivity contribution in [2.45, 2.75) is 40.2 Å². The molecule has 0 aliphatic carbocycles. The lowest BCUT2D eigenvalue weighted by Gasteiger charge is -2.11. The fraction of sp³-hybridized carbons (Fsp3) is 0.467. The molecule has 0 radical (unpaired) electrons. The SMILES string of the molecule is CCNCc1cc(C(C)C)nc(-n2cc(Cl)c(C)n2)c1. The summed E-state index contributed by atoms with van der Waals surface area (Å²) in [6.07, 6.45) is 1.81. The van der Waals surface area contributed by atoms with Gasteiger partial charge in [0.1, 0.15) is 0 Å². The van der Waals surface area contributed by atoms with Crippen molar-refractivity contribution in [2.75, 3.05) is 6.54 Å². The van der Waals surface area contributed by atoms with Gasteiger partial charge in [0, 0.05) is 12.2 Å². The Morgan fingerprint density at radius 2 is 2.10 bits per heavy atom. The van der Waals surface area contributed by atoms with Crippen LogP contribution in [-0.2, 0) is 6.54 Å². The molecule has 1 N–H and O–H groups in total. The molecule has 0 atom stereocenters. The number of halogens is 1. The number of aromatic nitrogens is 3. The second-order valence-corrected chi connectivity index (χ2v) is 5.61. The number of nitrogens with one attached hydrogen (secondary N) is 1. The lowest BCUT2D eigenvalue weighted by molar-refractivity contribution is 0.714. The fourth-order valence-electron chi connectivity index (χ4n) is 1.94. The van der Waals surface area contributed by atoms with Crippen molar-refractivity contribution in [2.24, 2.45) is 0 Å². The van der Waals surface area contributed by atoms with Gasteiger partial charge in [-0.3, -0.25) is 0 Å². The summed E-state index contributed by atoms with van der Waals surface area (Å²) in [5, 5.41) is 8.41. The highest BCUT2D eigenvalue weighted by Gasteiger charge is 2.10. The van der Waals surface area contributed by atoms with E-state index in [0.717, 1.165) is 30.3 Å². The summed E-state index contributed by atoms with van der Waals surface area (Å²) < 4.78 is 1.75. The standard InChI is InChI=1S/C15H21ClN4/c1-5-17-8-12-6-14(10(2)3)18-15(7-12)20-9-13(16)11(4)19-20/h6-7,9-10,17H,5,8H2,1-4H3. The van der Waals surface area contributed by atoms with E-state index in [2.05, 4.69) is 48.3 Å². The van der Waals surface area contributed by atoms with Gasteiger partial charge in [0.25, 0.3) is 0 Å². The second-order valence-electron chi connectivity index (χ2n) is 5.20. The minimum atomic E-state index is 0.377. The quantitative estimate of drug-likeness (QED) is 0.918. The van der Waals surface area contributed by atoms with E-state index in [-0.39, 0.29) is 0 Å². The van der Waals surface area contributed by atoms with Gasteiger partial charge in [-0.15, -0.1) is 0 Å². The Balaban J connectivity index is 2.43. The Kier molecular flexibility index (Phi) is 4.78. The molecule has 0 bridgehead atoms. The smallest absolute Gasteiger partial charge is 0.153 e. The van der Waals surface area contributed by atoms with E-state index in [1.54, 1.807) is 10.9 Å². The first-order chi connectivity index (χ1) is 9.51. The van der Waals surface area contributed by atoms with Gasteiger partial charge >= 0.3 is 0 Å². The van der Waals surface area contributed by atoms with Crippen LogP contribution in [0.5, 0.6) is 0 Å². The lowest BCUT2D eigenvalue weighted by atomic mass is 10.1. The van der Waals surface area contributed by atoms with Crippen molar-refractivity contribution in [3.05, 3.63) is 40.3 Å². The summed E-state index contributed by atoms with van der Waals surface area (Å²) >= 11 is 6.08. The van der Waals surface area contributed by atoms with Crippen molar-refractivity contribution < 1.29 is 0 Å². The van der Waals surface area contributed by atoms with Crippen molar-refractivity contribution in [3.8, 4) is 5.82 Å². The molecule has 2 rings (SSSR count). The van der Waals surface area contributed by atoms with Gasteiger partial charge in [0.15, 0.2) is 5.82 Å². The second kappa shape index (κ2) is 6.37.